The summed E-state index contributed by atoms with van der Waals surface area (Å²) >= 11 is 0. The average molecular weight is 701 g/mol. The van der Waals surface area contributed by atoms with Gasteiger partial charge in [0.05, 0.1) is 13.0 Å². The van der Waals surface area contributed by atoms with Crippen molar-refractivity contribution in [1.82, 2.24) is 20.9 Å². The minimum atomic E-state index is -4.99. The van der Waals surface area contributed by atoms with Gasteiger partial charge in [-0.25, -0.2) is 4.79 Å². The van der Waals surface area contributed by atoms with E-state index >= 15 is 0 Å². The summed E-state index contributed by atoms with van der Waals surface area (Å²) in [6, 6.07) is 4.27. The molecule has 270 valence electrons. The lowest BCUT2D eigenvalue weighted by Crippen LogP contribution is -2.54. The number of nitrogens with zero attached hydrogens (tertiary/aromatic N) is 1. The number of benzene rings is 1. The van der Waals surface area contributed by atoms with Crippen LogP contribution in [-0.2, 0) is 45.3 Å². The third-order valence-electron chi connectivity index (χ3n) is 5.82. The van der Waals surface area contributed by atoms with E-state index in [9.17, 15) is 46.5 Å². The Balaban J connectivity index is 0. The van der Waals surface area contributed by atoms with Crippen molar-refractivity contribution in [3.8, 4) is 0 Å². The van der Waals surface area contributed by atoms with Gasteiger partial charge in [-0.05, 0) is 49.5 Å². The smallest absolute Gasteiger partial charge is 0.312 e. The fourth-order valence-corrected chi connectivity index (χ4v) is 4.26. The number of aliphatic carboxylic acids is 1. The topological polar surface area (TPSA) is 271 Å². The monoisotopic (exact) mass is 700 g/mol. The van der Waals surface area contributed by atoms with Gasteiger partial charge in [0.2, 0.25) is 24.1 Å². The number of allylic oxidation sites excluding steroid dienone is 1. The van der Waals surface area contributed by atoms with E-state index in [-0.39, 0.29) is 12.8 Å². The summed E-state index contributed by atoms with van der Waals surface area (Å²) in [5.74, 6) is -5.00. The van der Waals surface area contributed by atoms with Crippen LogP contribution in [0.15, 0.2) is 36.4 Å². The summed E-state index contributed by atoms with van der Waals surface area (Å²) in [4.78, 5) is 81.9. The first kappa shape index (κ1) is 45.3. The van der Waals surface area contributed by atoms with Crippen LogP contribution in [-0.4, -0.2) is 95.9 Å². The predicted molar refractivity (Wildman–Crippen MR) is 178 cm³/mol. The van der Waals surface area contributed by atoms with Gasteiger partial charge in [-0.2, -0.15) is 8.42 Å². The zero-order valence-corrected chi connectivity index (χ0v) is 28.8. The Labute approximate surface area is 280 Å². The summed E-state index contributed by atoms with van der Waals surface area (Å²) in [5, 5.41) is 16.2. The van der Waals surface area contributed by atoms with Gasteiger partial charge in [-0.1, -0.05) is 52.8 Å². The molecule has 1 rings (SSSR count). The molecule has 0 aliphatic heterocycles. The minimum Gasteiger partial charge on any atom is -0.481 e. The Bertz CT molecular complexity index is 1350. The molecular formula is C30H48N6O11S. The van der Waals surface area contributed by atoms with Gasteiger partial charge < -0.3 is 32.1 Å². The van der Waals surface area contributed by atoms with Crippen molar-refractivity contribution in [2.24, 2.45) is 11.7 Å². The number of urea groups is 1. The summed E-state index contributed by atoms with van der Waals surface area (Å²) in [5.41, 5.74) is 5.60. The SMILES string of the molecule is C/C=C\C(=O)N(C=O)CCC(C(=O)NC(C(=O)NCC(=O)Nc1ccc(CC(=O)O)cc1)C(C)C)S(=O)(=O)O.CC.CCCNC(N)=O. The molecular weight excluding hydrogens is 652 g/mol. The van der Waals surface area contributed by atoms with Crippen molar-refractivity contribution in [1.29, 1.82) is 0 Å². The number of rotatable bonds is 17. The summed E-state index contributed by atoms with van der Waals surface area (Å²) in [6.45, 7) is 10.3. The summed E-state index contributed by atoms with van der Waals surface area (Å²) in [6.07, 6.45) is 2.68. The number of carbonyl (C=O) groups excluding carboxylic acids is 6. The number of amides is 7. The Hall–Kier alpha value is -4.84. The van der Waals surface area contributed by atoms with Crippen molar-refractivity contribution < 1.29 is 51.6 Å². The number of nitrogens with one attached hydrogen (secondary N) is 4. The largest absolute Gasteiger partial charge is 0.481 e. The second kappa shape index (κ2) is 24.3. The van der Waals surface area contributed by atoms with E-state index in [2.05, 4.69) is 21.3 Å². The van der Waals surface area contributed by atoms with Crippen LogP contribution in [0.1, 0.15) is 59.9 Å². The zero-order valence-electron chi connectivity index (χ0n) is 28.0. The number of carboxylic acid groups (broad SMARTS) is 1. The van der Waals surface area contributed by atoms with E-state index in [0.29, 0.717) is 22.7 Å². The van der Waals surface area contributed by atoms with Crippen molar-refractivity contribution in [2.75, 3.05) is 25.0 Å². The van der Waals surface area contributed by atoms with Crippen LogP contribution >= 0.6 is 0 Å². The van der Waals surface area contributed by atoms with Gasteiger partial charge in [0.25, 0.3) is 16.0 Å². The van der Waals surface area contributed by atoms with Gasteiger partial charge in [-0.3, -0.25) is 38.2 Å². The van der Waals surface area contributed by atoms with Gasteiger partial charge in [0, 0.05) is 18.8 Å². The molecule has 0 radical (unpaired) electrons. The fraction of sp³-hybridized carbons (Fsp3) is 0.500. The van der Waals surface area contributed by atoms with E-state index in [0.717, 1.165) is 12.5 Å². The molecule has 17 nitrogen and oxygen atoms in total. The number of nitrogens with two attached hydrogens (primary N) is 1. The second-order valence-corrected chi connectivity index (χ2v) is 11.6. The Morgan fingerprint density at radius 3 is 2.00 bits per heavy atom. The minimum absolute atomic E-state index is 0.154. The highest BCUT2D eigenvalue weighted by Gasteiger charge is 2.35. The van der Waals surface area contributed by atoms with Crippen LogP contribution in [0.5, 0.6) is 0 Å². The average Bonchev–Trinajstić information content (AvgIpc) is 3.01. The molecule has 18 heteroatoms. The number of imide groups is 1. The number of hydrogen-bond acceptors (Lipinski definition) is 9. The lowest BCUT2D eigenvalue weighted by molar-refractivity contribution is -0.136. The van der Waals surface area contributed by atoms with Gasteiger partial charge >= 0.3 is 12.0 Å². The van der Waals surface area contributed by atoms with E-state index in [4.69, 9.17) is 10.8 Å². The van der Waals surface area contributed by atoms with E-state index < -0.39 is 82.5 Å². The van der Waals surface area contributed by atoms with Gasteiger partial charge in [-0.15, -0.1) is 0 Å². The van der Waals surface area contributed by atoms with Crippen molar-refractivity contribution in [2.45, 2.75) is 72.1 Å². The zero-order chi connectivity index (χ0) is 37.4. The first-order valence-electron chi connectivity index (χ1n) is 15.0. The number of primary amides is 1. The van der Waals surface area contributed by atoms with Crippen molar-refractivity contribution >= 4 is 57.8 Å². The van der Waals surface area contributed by atoms with Gasteiger partial charge in [0.1, 0.15) is 6.04 Å². The lowest BCUT2D eigenvalue weighted by Gasteiger charge is -2.24. The Morgan fingerprint density at radius 2 is 1.58 bits per heavy atom. The maximum absolute atomic E-state index is 12.7. The third-order valence-corrected chi connectivity index (χ3v) is 6.98. The molecule has 48 heavy (non-hydrogen) atoms. The summed E-state index contributed by atoms with van der Waals surface area (Å²) < 4.78 is 33.3. The van der Waals surface area contributed by atoms with Crippen molar-refractivity contribution in [3.63, 3.8) is 0 Å². The van der Waals surface area contributed by atoms with Crippen molar-refractivity contribution in [3.05, 3.63) is 42.0 Å². The van der Waals surface area contributed by atoms with Crippen LogP contribution in [0.4, 0.5) is 10.5 Å². The highest BCUT2D eigenvalue weighted by molar-refractivity contribution is 7.87. The Morgan fingerprint density at radius 1 is 1.00 bits per heavy atom. The second-order valence-electron chi connectivity index (χ2n) is 9.98. The van der Waals surface area contributed by atoms with E-state index in [1.165, 1.54) is 37.3 Å². The van der Waals surface area contributed by atoms with Crippen LogP contribution < -0.4 is 27.0 Å². The highest BCUT2D eigenvalue weighted by Crippen LogP contribution is 2.11. The molecule has 0 fully saturated rings. The maximum Gasteiger partial charge on any atom is 0.312 e. The molecule has 7 amide bonds. The normalized spacial score (nSPS) is 11.8. The molecule has 2 unspecified atom stereocenters. The molecule has 0 saturated heterocycles. The van der Waals surface area contributed by atoms with Crippen LogP contribution in [0.25, 0.3) is 0 Å². The predicted octanol–water partition coefficient (Wildman–Crippen LogP) is 0.808. The quantitative estimate of drug-likeness (QED) is 0.0678. The maximum atomic E-state index is 12.7. The molecule has 1 aromatic rings. The first-order chi connectivity index (χ1) is 22.5. The van der Waals surface area contributed by atoms with Crippen LogP contribution in [0, 0.1) is 5.92 Å². The third kappa shape index (κ3) is 19.6. The number of anilines is 1. The molecule has 1 aromatic carbocycles. The molecule has 0 heterocycles. The van der Waals surface area contributed by atoms with E-state index in [1.54, 1.807) is 13.8 Å². The lowest BCUT2D eigenvalue weighted by atomic mass is 10.0. The van der Waals surface area contributed by atoms with E-state index in [1.807, 2.05) is 20.8 Å². The highest BCUT2D eigenvalue weighted by atomic mass is 32.2. The van der Waals surface area contributed by atoms with Crippen LogP contribution in [0.3, 0.4) is 0 Å². The Kier molecular flexibility index (Phi) is 23.0. The molecule has 8 N–H and O–H groups in total. The molecule has 0 saturated carbocycles. The molecule has 0 aliphatic carbocycles. The summed E-state index contributed by atoms with van der Waals surface area (Å²) in [7, 11) is -4.99. The standard InChI is InChI=1S/C24H32N4O10S.C4H10N2O.C2H6/c1-4-5-20(31)28(14-29)11-10-18(39(36,37)38)23(34)27-22(15(2)3)24(35)25-13-19(30)26-17-8-6-16(7-9-17)12-21(32)33;1-2-3-6-4(5)7;1-2/h4-9,14-15,18,22H,10-13H2,1-3H3,(H,25,35)(H,26,30)(H,27,34)(H,32,33)(H,36,37,38);2-3H2,1H3,(H3,5,6,7);1-2H3/b5-4-;;. The molecule has 0 aliphatic rings. The molecule has 0 bridgehead atoms. The fourth-order valence-electron chi connectivity index (χ4n) is 3.52. The number of hydrogen-bond donors (Lipinski definition) is 7. The number of carbonyl (C=O) groups is 7. The van der Waals surface area contributed by atoms with Crippen LogP contribution in [0.2, 0.25) is 0 Å². The molecule has 2 atom stereocenters. The molecule has 0 aromatic heterocycles. The first-order valence-corrected chi connectivity index (χ1v) is 16.5. The molecule has 0 spiro atoms. The number of carboxylic acids is 1. The van der Waals surface area contributed by atoms with Gasteiger partial charge in [0.15, 0.2) is 5.25 Å².